The van der Waals surface area contributed by atoms with Crippen LogP contribution in [-0.4, -0.2) is 16.0 Å². The van der Waals surface area contributed by atoms with Crippen LogP contribution >= 0.6 is 0 Å². The molecule has 2 rings (SSSR count). The lowest BCUT2D eigenvalue weighted by atomic mass is 10.1. The fourth-order valence-electron chi connectivity index (χ4n) is 2.09. The van der Waals surface area contributed by atoms with E-state index in [4.69, 9.17) is 0 Å². The minimum absolute atomic E-state index is 0.470. The number of hydrogen-bond acceptors (Lipinski definition) is 2. The SMILES string of the molecule is CCc1ccc(-c2nc(CNC(C)C)[nH]c2C)cc1. The van der Waals surface area contributed by atoms with Crippen LogP contribution in [0.5, 0.6) is 0 Å². The fourth-order valence-corrected chi connectivity index (χ4v) is 2.09. The molecule has 0 atom stereocenters. The van der Waals surface area contributed by atoms with E-state index < -0.39 is 0 Å². The van der Waals surface area contributed by atoms with E-state index in [9.17, 15) is 0 Å². The Morgan fingerprint density at radius 1 is 1.21 bits per heavy atom. The number of rotatable bonds is 5. The van der Waals surface area contributed by atoms with Crippen LogP contribution in [0.4, 0.5) is 0 Å². The first kappa shape index (κ1) is 13.8. The number of H-pyrrole nitrogens is 1. The molecule has 0 aliphatic rings. The summed E-state index contributed by atoms with van der Waals surface area (Å²) >= 11 is 0. The van der Waals surface area contributed by atoms with E-state index in [-0.39, 0.29) is 0 Å². The highest BCUT2D eigenvalue weighted by Crippen LogP contribution is 2.21. The summed E-state index contributed by atoms with van der Waals surface area (Å²) in [6, 6.07) is 9.13. The molecule has 3 nitrogen and oxygen atoms in total. The van der Waals surface area contributed by atoms with Gasteiger partial charge in [0.05, 0.1) is 12.2 Å². The third-order valence-electron chi connectivity index (χ3n) is 3.25. The van der Waals surface area contributed by atoms with Crippen LogP contribution in [-0.2, 0) is 13.0 Å². The monoisotopic (exact) mass is 257 g/mol. The van der Waals surface area contributed by atoms with E-state index in [2.05, 4.69) is 67.2 Å². The lowest BCUT2D eigenvalue weighted by Gasteiger charge is -2.04. The highest BCUT2D eigenvalue weighted by Gasteiger charge is 2.09. The molecule has 102 valence electrons. The molecule has 3 heteroatoms. The molecule has 0 aliphatic heterocycles. The summed E-state index contributed by atoms with van der Waals surface area (Å²) in [7, 11) is 0. The molecule has 0 unspecified atom stereocenters. The molecule has 19 heavy (non-hydrogen) atoms. The molecule has 0 spiro atoms. The van der Waals surface area contributed by atoms with Gasteiger partial charge in [-0.1, -0.05) is 45.0 Å². The van der Waals surface area contributed by atoms with Crippen molar-refractivity contribution in [2.24, 2.45) is 0 Å². The molecule has 2 aromatic rings. The molecule has 0 bridgehead atoms. The third-order valence-corrected chi connectivity index (χ3v) is 3.25. The van der Waals surface area contributed by atoms with Crippen molar-refractivity contribution in [1.29, 1.82) is 0 Å². The normalized spacial score (nSPS) is 11.2. The van der Waals surface area contributed by atoms with E-state index in [0.29, 0.717) is 6.04 Å². The molecule has 0 amide bonds. The van der Waals surface area contributed by atoms with Gasteiger partial charge in [0.1, 0.15) is 5.82 Å². The molecule has 0 aliphatic carbocycles. The first-order valence-corrected chi connectivity index (χ1v) is 6.98. The Balaban J connectivity index is 2.19. The largest absolute Gasteiger partial charge is 0.344 e. The molecule has 1 aromatic heterocycles. The van der Waals surface area contributed by atoms with E-state index in [0.717, 1.165) is 30.2 Å². The van der Waals surface area contributed by atoms with Crippen LogP contribution in [0.15, 0.2) is 24.3 Å². The van der Waals surface area contributed by atoms with Crippen LogP contribution in [0.1, 0.15) is 37.9 Å². The van der Waals surface area contributed by atoms with Gasteiger partial charge in [0.15, 0.2) is 0 Å². The number of nitrogens with zero attached hydrogens (tertiary/aromatic N) is 1. The summed E-state index contributed by atoms with van der Waals surface area (Å²) in [5.41, 5.74) is 4.73. The molecule has 1 heterocycles. The van der Waals surface area contributed by atoms with E-state index >= 15 is 0 Å². The summed E-state index contributed by atoms with van der Waals surface area (Å²) in [6.45, 7) is 9.31. The van der Waals surface area contributed by atoms with Gasteiger partial charge >= 0.3 is 0 Å². The molecular formula is C16H23N3. The average Bonchev–Trinajstić information content (AvgIpc) is 2.78. The molecule has 0 saturated carbocycles. The Labute approximate surface area is 115 Å². The quantitative estimate of drug-likeness (QED) is 0.861. The van der Waals surface area contributed by atoms with Gasteiger partial charge in [0.2, 0.25) is 0 Å². The van der Waals surface area contributed by atoms with Gasteiger partial charge in [-0.05, 0) is 18.9 Å². The van der Waals surface area contributed by atoms with E-state index in [1.54, 1.807) is 0 Å². The van der Waals surface area contributed by atoms with Crippen LogP contribution in [0, 0.1) is 6.92 Å². The second-order valence-corrected chi connectivity index (χ2v) is 5.24. The van der Waals surface area contributed by atoms with Crippen LogP contribution in [0.25, 0.3) is 11.3 Å². The van der Waals surface area contributed by atoms with Crippen molar-refractivity contribution in [2.75, 3.05) is 0 Å². The number of aromatic nitrogens is 2. The molecule has 1 aromatic carbocycles. The third kappa shape index (κ3) is 3.44. The van der Waals surface area contributed by atoms with Gasteiger partial charge in [0.25, 0.3) is 0 Å². The number of aryl methyl sites for hydroxylation is 2. The van der Waals surface area contributed by atoms with Gasteiger partial charge in [-0.25, -0.2) is 4.98 Å². The maximum Gasteiger partial charge on any atom is 0.121 e. The average molecular weight is 257 g/mol. The van der Waals surface area contributed by atoms with Crippen molar-refractivity contribution in [3.05, 3.63) is 41.3 Å². The van der Waals surface area contributed by atoms with Crippen molar-refractivity contribution < 1.29 is 0 Å². The predicted molar refractivity (Wildman–Crippen MR) is 80.1 cm³/mol. The summed E-state index contributed by atoms with van der Waals surface area (Å²) < 4.78 is 0. The Bertz CT molecular complexity index is 523. The maximum atomic E-state index is 4.69. The number of hydrogen-bond donors (Lipinski definition) is 2. The first-order chi connectivity index (χ1) is 9.10. The predicted octanol–water partition coefficient (Wildman–Crippen LogP) is 3.45. The van der Waals surface area contributed by atoms with Crippen LogP contribution in [0.2, 0.25) is 0 Å². The Kier molecular flexibility index (Phi) is 4.38. The zero-order chi connectivity index (χ0) is 13.8. The summed E-state index contributed by atoms with van der Waals surface area (Å²) in [5, 5.41) is 3.38. The lowest BCUT2D eigenvalue weighted by molar-refractivity contribution is 0.575. The summed E-state index contributed by atoms with van der Waals surface area (Å²) in [4.78, 5) is 8.04. The molecule has 2 N–H and O–H groups in total. The number of aromatic amines is 1. The molecule has 0 fully saturated rings. The van der Waals surface area contributed by atoms with E-state index in [1.165, 1.54) is 11.1 Å². The Morgan fingerprint density at radius 2 is 1.89 bits per heavy atom. The standard InChI is InChI=1S/C16H23N3/c1-5-13-6-8-14(9-7-13)16-12(4)18-15(19-16)10-17-11(2)3/h6-9,11,17H,5,10H2,1-4H3,(H,18,19). The van der Waals surface area contributed by atoms with Crippen molar-refractivity contribution in [3.63, 3.8) is 0 Å². The first-order valence-electron chi connectivity index (χ1n) is 6.98. The minimum atomic E-state index is 0.470. The second-order valence-electron chi connectivity index (χ2n) is 5.24. The molecular weight excluding hydrogens is 234 g/mol. The van der Waals surface area contributed by atoms with Crippen LogP contribution < -0.4 is 5.32 Å². The maximum absolute atomic E-state index is 4.69. The van der Waals surface area contributed by atoms with Crippen LogP contribution in [0.3, 0.4) is 0 Å². The lowest BCUT2D eigenvalue weighted by Crippen LogP contribution is -2.22. The smallest absolute Gasteiger partial charge is 0.121 e. The highest BCUT2D eigenvalue weighted by atomic mass is 15.0. The fraction of sp³-hybridized carbons (Fsp3) is 0.438. The number of benzene rings is 1. The van der Waals surface area contributed by atoms with Gasteiger partial charge < -0.3 is 10.3 Å². The highest BCUT2D eigenvalue weighted by molar-refractivity contribution is 5.62. The van der Waals surface area contributed by atoms with Crippen molar-refractivity contribution >= 4 is 0 Å². The minimum Gasteiger partial charge on any atom is -0.344 e. The number of nitrogens with one attached hydrogen (secondary N) is 2. The Hall–Kier alpha value is -1.61. The summed E-state index contributed by atoms with van der Waals surface area (Å²) in [5.74, 6) is 1.00. The molecule has 0 radical (unpaired) electrons. The van der Waals surface area contributed by atoms with Gasteiger partial charge in [-0.3, -0.25) is 0 Å². The topological polar surface area (TPSA) is 40.7 Å². The molecule has 0 saturated heterocycles. The van der Waals surface area contributed by atoms with Crippen molar-refractivity contribution in [3.8, 4) is 11.3 Å². The van der Waals surface area contributed by atoms with Crippen molar-refractivity contribution in [1.82, 2.24) is 15.3 Å². The number of imidazole rings is 1. The van der Waals surface area contributed by atoms with Gasteiger partial charge in [-0.15, -0.1) is 0 Å². The zero-order valence-corrected chi connectivity index (χ0v) is 12.2. The summed E-state index contributed by atoms with van der Waals surface area (Å²) in [6.07, 6.45) is 1.07. The second kappa shape index (κ2) is 6.02. The van der Waals surface area contributed by atoms with Crippen molar-refractivity contribution in [2.45, 2.75) is 46.7 Å². The van der Waals surface area contributed by atoms with E-state index in [1.807, 2.05) is 0 Å². The van der Waals surface area contributed by atoms with Gasteiger partial charge in [-0.2, -0.15) is 0 Å². The zero-order valence-electron chi connectivity index (χ0n) is 12.2. The van der Waals surface area contributed by atoms with Gasteiger partial charge in [0, 0.05) is 17.3 Å². The Morgan fingerprint density at radius 3 is 2.47 bits per heavy atom.